The Labute approximate surface area is 98.8 Å². The Hall–Kier alpha value is -1.02. The van der Waals surface area contributed by atoms with E-state index in [0.717, 1.165) is 12.3 Å². The van der Waals surface area contributed by atoms with Crippen molar-refractivity contribution in [3.8, 4) is 0 Å². The summed E-state index contributed by atoms with van der Waals surface area (Å²) in [6.07, 6.45) is 2.61. The first-order valence-corrected chi connectivity index (χ1v) is 6.10. The van der Waals surface area contributed by atoms with E-state index in [2.05, 4.69) is 20.8 Å². The lowest BCUT2D eigenvalue weighted by Crippen LogP contribution is -2.08. The van der Waals surface area contributed by atoms with Gasteiger partial charge in [-0.1, -0.05) is 32.4 Å². The van der Waals surface area contributed by atoms with E-state index >= 15 is 0 Å². The summed E-state index contributed by atoms with van der Waals surface area (Å²) in [5.41, 5.74) is 7.64. The largest absolute Gasteiger partial charge is 0.399 e. The number of nitrogens with two attached hydrogens (primary N) is 1. The molecule has 0 amide bonds. The van der Waals surface area contributed by atoms with E-state index in [-0.39, 0.29) is 6.10 Å². The molecule has 2 N–H and O–H groups in total. The first-order valence-electron chi connectivity index (χ1n) is 6.10. The standard InChI is InChI=1S/C14H23NO/c1-4-5-11(2)10-16-12(3)13-6-8-14(15)9-7-13/h6-9,11-12H,4-5,10,15H2,1-3H3. The zero-order chi connectivity index (χ0) is 12.0. The van der Waals surface area contributed by atoms with Gasteiger partial charge in [0.15, 0.2) is 0 Å². The van der Waals surface area contributed by atoms with E-state index in [4.69, 9.17) is 10.5 Å². The molecule has 1 rings (SSSR count). The smallest absolute Gasteiger partial charge is 0.0796 e. The Morgan fingerprint density at radius 3 is 2.38 bits per heavy atom. The fourth-order valence-corrected chi connectivity index (χ4v) is 1.75. The van der Waals surface area contributed by atoms with E-state index in [1.54, 1.807) is 0 Å². The van der Waals surface area contributed by atoms with Crippen LogP contribution in [0.4, 0.5) is 5.69 Å². The lowest BCUT2D eigenvalue weighted by molar-refractivity contribution is 0.0413. The van der Waals surface area contributed by atoms with Gasteiger partial charge in [-0.2, -0.15) is 0 Å². The fourth-order valence-electron chi connectivity index (χ4n) is 1.75. The monoisotopic (exact) mass is 221 g/mol. The summed E-state index contributed by atoms with van der Waals surface area (Å²) in [5, 5.41) is 0. The number of anilines is 1. The molecule has 0 saturated heterocycles. The third-order valence-corrected chi connectivity index (χ3v) is 2.82. The van der Waals surface area contributed by atoms with Gasteiger partial charge in [0.1, 0.15) is 0 Å². The quantitative estimate of drug-likeness (QED) is 0.742. The average Bonchev–Trinajstić information content (AvgIpc) is 2.27. The summed E-state index contributed by atoms with van der Waals surface area (Å²) in [5.74, 6) is 0.640. The van der Waals surface area contributed by atoms with Gasteiger partial charge >= 0.3 is 0 Å². The van der Waals surface area contributed by atoms with Crippen molar-refractivity contribution >= 4 is 5.69 Å². The number of rotatable bonds is 6. The molecule has 0 radical (unpaired) electrons. The van der Waals surface area contributed by atoms with Gasteiger partial charge in [-0.05, 0) is 37.0 Å². The van der Waals surface area contributed by atoms with Gasteiger partial charge in [-0.15, -0.1) is 0 Å². The molecule has 1 aromatic rings. The maximum Gasteiger partial charge on any atom is 0.0796 e. The fraction of sp³-hybridized carbons (Fsp3) is 0.571. The summed E-state index contributed by atoms with van der Waals surface area (Å²) in [4.78, 5) is 0. The van der Waals surface area contributed by atoms with Gasteiger partial charge in [0.25, 0.3) is 0 Å². The number of hydrogen-bond donors (Lipinski definition) is 1. The summed E-state index contributed by atoms with van der Waals surface area (Å²) in [6.45, 7) is 7.36. The van der Waals surface area contributed by atoms with Crippen molar-refractivity contribution in [2.24, 2.45) is 5.92 Å². The molecule has 1 aromatic carbocycles. The van der Waals surface area contributed by atoms with Crippen LogP contribution in [0, 0.1) is 5.92 Å². The van der Waals surface area contributed by atoms with E-state index in [1.807, 2.05) is 24.3 Å². The van der Waals surface area contributed by atoms with E-state index in [1.165, 1.54) is 18.4 Å². The second-order valence-electron chi connectivity index (χ2n) is 4.54. The normalized spacial score (nSPS) is 14.7. The van der Waals surface area contributed by atoms with E-state index in [9.17, 15) is 0 Å². The maximum absolute atomic E-state index is 5.84. The van der Waals surface area contributed by atoms with Crippen molar-refractivity contribution in [3.63, 3.8) is 0 Å². The van der Waals surface area contributed by atoms with Gasteiger partial charge < -0.3 is 10.5 Å². The molecule has 0 aliphatic carbocycles. The maximum atomic E-state index is 5.84. The Bertz CT molecular complexity index is 294. The minimum Gasteiger partial charge on any atom is -0.399 e. The minimum absolute atomic E-state index is 0.153. The zero-order valence-electron chi connectivity index (χ0n) is 10.6. The highest BCUT2D eigenvalue weighted by Gasteiger charge is 2.08. The first kappa shape index (κ1) is 13.0. The molecule has 0 aromatic heterocycles. The molecule has 16 heavy (non-hydrogen) atoms. The molecule has 2 atom stereocenters. The summed E-state index contributed by atoms with van der Waals surface area (Å²) in [7, 11) is 0. The van der Waals surface area contributed by atoms with Gasteiger partial charge in [-0.3, -0.25) is 0 Å². The molecular formula is C14H23NO. The van der Waals surface area contributed by atoms with Gasteiger partial charge in [0.2, 0.25) is 0 Å². The third kappa shape index (κ3) is 4.23. The Kier molecular flexibility index (Phi) is 5.33. The number of ether oxygens (including phenoxy) is 1. The van der Waals surface area contributed by atoms with Crippen LogP contribution in [0.5, 0.6) is 0 Å². The van der Waals surface area contributed by atoms with E-state index < -0.39 is 0 Å². The highest BCUT2D eigenvalue weighted by molar-refractivity contribution is 5.39. The minimum atomic E-state index is 0.153. The molecule has 90 valence electrons. The van der Waals surface area contributed by atoms with Gasteiger partial charge in [0, 0.05) is 12.3 Å². The van der Waals surface area contributed by atoms with Gasteiger partial charge in [-0.25, -0.2) is 0 Å². The first-order chi connectivity index (χ1) is 7.63. The summed E-state index contributed by atoms with van der Waals surface area (Å²) < 4.78 is 5.84. The predicted octanol–water partition coefficient (Wildman–Crippen LogP) is 3.78. The van der Waals surface area contributed by atoms with Crippen LogP contribution >= 0.6 is 0 Å². The van der Waals surface area contributed by atoms with Crippen LogP contribution in [0.3, 0.4) is 0 Å². The Balaban J connectivity index is 2.40. The molecule has 2 unspecified atom stereocenters. The van der Waals surface area contributed by atoms with Crippen molar-refractivity contribution in [3.05, 3.63) is 29.8 Å². The molecule has 0 aliphatic rings. The molecular weight excluding hydrogens is 198 g/mol. The van der Waals surface area contributed by atoms with Crippen LogP contribution in [0.25, 0.3) is 0 Å². The molecule has 2 nitrogen and oxygen atoms in total. The second-order valence-corrected chi connectivity index (χ2v) is 4.54. The molecule has 0 fully saturated rings. The molecule has 0 spiro atoms. The summed E-state index contributed by atoms with van der Waals surface area (Å²) in [6, 6.07) is 7.91. The number of hydrogen-bond acceptors (Lipinski definition) is 2. The number of benzene rings is 1. The average molecular weight is 221 g/mol. The van der Waals surface area contributed by atoms with Crippen LogP contribution in [0.2, 0.25) is 0 Å². The molecule has 0 bridgehead atoms. The van der Waals surface area contributed by atoms with Crippen molar-refractivity contribution in [2.45, 2.75) is 39.7 Å². The SMILES string of the molecule is CCCC(C)COC(C)c1ccc(N)cc1. The third-order valence-electron chi connectivity index (χ3n) is 2.82. The second kappa shape index (κ2) is 6.54. The van der Waals surface area contributed by atoms with Crippen LogP contribution < -0.4 is 5.73 Å². The Morgan fingerprint density at radius 1 is 1.19 bits per heavy atom. The Morgan fingerprint density at radius 2 is 1.81 bits per heavy atom. The van der Waals surface area contributed by atoms with Gasteiger partial charge in [0.05, 0.1) is 6.10 Å². The lowest BCUT2D eigenvalue weighted by Gasteiger charge is -2.17. The lowest BCUT2D eigenvalue weighted by atomic mass is 10.1. The molecule has 0 heterocycles. The van der Waals surface area contributed by atoms with Crippen molar-refractivity contribution in [2.75, 3.05) is 12.3 Å². The highest BCUT2D eigenvalue weighted by atomic mass is 16.5. The van der Waals surface area contributed by atoms with Crippen LogP contribution in [0.15, 0.2) is 24.3 Å². The molecule has 2 heteroatoms. The number of nitrogen functional groups attached to an aromatic ring is 1. The molecule has 0 saturated carbocycles. The van der Waals surface area contributed by atoms with Crippen LogP contribution in [0.1, 0.15) is 45.3 Å². The van der Waals surface area contributed by atoms with Crippen LogP contribution in [-0.4, -0.2) is 6.61 Å². The topological polar surface area (TPSA) is 35.2 Å². The van der Waals surface area contributed by atoms with Crippen molar-refractivity contribution in [1.29, 1.82) is 0 Å². The zero-order valence-corrected chi connectivity index (χ0v) is 10.6. The molecule has 0 aliphatic heterocycles. The van der Waals surface area contributed by atoms with Crippen molar-refractivity contribution < 1.29 is 4.74 Å². The van der Waals surface area contributed by atoms with E-state index in [0.29, 0.717) is 5.92 Å². The predicted molar refractivity (Wildman–Crippen MR) is 69.3 cm³/mol. The highest BCUT2D eigenvalue weighted by Crippen LogP contribution is 2.19. The van der Waals surface area contributed by atoms with Crippen LogP contribution in [-0.2, 0) is 4.74 Å². The van der Waals surface area contributed by atoms with Crippen molar-refractivity contribution in [1.82, 2.24) is 0 Å². The summed E-state index contributed by atoms with van der Waals surface area (Å²) >= 11 is 0.